The van der Waals surface area contributed by atoms with Crippen molar-refractivity contribution in [2.75, 3.05) is 13.1 Å². The normalized spacial score (nSPS) is 22.8. The Morgan fingerprint density at radius 1 is 1.33 bits per heavy atom. The predicted octanol–water partition coefficient (Wildman–Crippen LogP) is 2.97. The summed E-state index contributed by atoms with van der Waals surface area (Å²) in [5.74, 6) is 0.724. The minimum absolute atomic E-state index is 0.724. The van der Waals surface area contributed by atoms with Gasteiger partial charge < -0.3 is 9.88 Å². The molecule has 2 aliphatic rings. The SMILES string of the molecule is Cc1c(C2CCNC2)c2cccc3c2n1CCC3. The molecule has 1 aromatic heterocycles. The van der Waals surface area contributed by atoms with Crippen LogP contribution < -0.4 is 5.32 Å². The second kappa shape index (κ2) is 3.86. The molecule has 1 aromatic carbocycles. The van der Waals surface area contributed by atoms with Gasteiger partial charge in [-0.15, -0.1) is 0 Å². The summed E-state index contributed by atoms with van der Waals surface area (Å²) < 4.78 is 2.57. The predicted molar refractivity (Wildman–Crippen MR) is 75.2 cm³/mol. The quantitative estimate of drug-likeness (QED) is 0.811. The van der Waals surface area contributed by atoms with E-state index in [1.54, 1.807) is 11.1 Å². The number of hydrogen-bond acceptors (Lipinski definition) is 1. The fourth-order valence-corrected chi connectivity index (χ4v) is 3.96. The van der Waals surface area contributed by atoms with Crippen LogP contribution in [-0.2, 0) is 13.0 Å². The van der Waals surface area contributed by atoms with E-state index in [0.29, 0.717) is 0 Å². The van der Waals surface area contributed by atoms with Crippen molar-refractivity contribution >= 4 is 10.9 Å². The van der Waals surface area contributed by atoms with Crippen molar-refractivity contribution in [2.45, 2.75) is 38.6 Å². The highest BCUT2D eigenvalue weighted by Gasteiger charge is 2.26. The maximum atomic E-state index is 3.51. The van der Waals surface area contributed by atoms with Crippen molar-refractivity contribution in [1.29, 1.82) is 0 Å². The van der Waals surface area contributed by atoms with Gasteiger partial charge in [-0.3, -0.25) is 0 Å². The van der Waals surface area contributed by atoms with Crippen LogP contribution in [-0.4, -0.2) is 17.7 Å². The molecular formula is C16H20N2. The number of hydrogen-bond donors (Lipinski definition) is 1. The molecule has 2 aromatic rings. The maximum Gasteiger partial charge on any atom is 0.0517 e. The van der Waals surface area contributed by atoms with Crippen molar-refractivity contribution in [3.05, 3.63) is 35.0 Å². The second-order valence-corrected chi connectivity index (χ2v) is 5.76. The molecule has 0 spiro atoms. The Labute approximate surface area is 108 Å². The van der Waals surface area contributed by atoms with E-state index >= 15 is 0 Å². The summed E-state index contributed by atoms with van der Waals surface area (Å²) in [6.07, 6.45) is 3.84. The molecule has 1 atom stereocenters. The molecule has 1 fully saturated rings. The highest BCUT2D eigenvalue weighted by atomic mass is 15.0. The monoisotopic (exact) mass is 240 g/mol. The first-order chi connectivity index (χ1) is 8.86. The van der Waals surface area contributed by atoms with E-state index in [1.165, 1.54) is 48.9 Å². The lowest BCUT2D eigenvalue weighted by Gasteiger charge is -2.16. The van der Waals surface area contributed by atoms with Crippen molar-refractivity contribution in [3.63, 3.8) is 0 Å². The van der Waals surface area contributed by atoms with Gasteiger partial charge in [-0.05, 0) is 49.8 Å². The molecule has 1 saturated heterocycles. The standard InChI is InChI=1S/C16H20N2/c1-11-15(13-7-8-17-10-13)14-6-2-4-12-5-3-9-18(11)16(12)14/h2,4,6,13,17H,3,5,7-10H2,1H3. The molecule has 1 unspecified atom stereocenters. The summed E-state index contributed by atoms with van der Waals surface area (Å²) in [4.78, 5) is 0. The van der Waals surface area contributed by atoms with Gasteiger partial charge in [0.1, 0.15) is 0 Å². The zero-order valence-corrected chi connectivity index (χ0v) is 11.0. The van der Waals surface area contributed by atoms with Crippen LogP contribution in [0.3, 0.4) is 0 Å². The van der Waals surface area contributed by atoms with Crippen LogP contribution in [0.5, 0.6) is 0 Å². The van der Waals surface area contributed by atoms with E-state index in [-0.39, 0.29) is 0 Å². The van der Waals surface area contributed by atoms with E-state index in [2.05, 4.69) is 35.0 Å². The fourth-order valence-electron chi connectivity index (χ4n) is 3.96. The summed E-state index contributed by atoms with van der Waals surface area (Å²) in [6.45, 7) is 5.86. The minimum Gasteiger partial charge on any atom is -0.344 e. The van der Waals surface area contributed by atoms with Gasteiger partial charge in [-0.2, -0.15) is 0 Å². The first-order valence-electron chi connectivity index (χ1n) is 7.17. The van der Waals surface area contributed by atoms with Crippen molar-refractivity contribution in [1.82, 2.24) is 9.88 Å². The first-order valence-corrected chi connectivity index (χ1v) is 7.17. The summed E-state index contributed by atoms with van der Waals surface area (Å²) in [6, 6.07) is 6.90. The number of benzene rings is 1. The molecule has 2 heteroatoms. The van der Waals surface area contributed by atoms with Gasteiger partial charge in [0.25, 0.3) is 0 Å². The lowest BCUT2D eigenvalue weighted by molar-refractivity contribution is 0.617. The van der Waals surface area contributed by atoms with E-state index in [0.717, 1.165) is 12.5 Å². The van der Waals surface area contributed by atoms with Crippen LogP contribution in [0.15, 0.2) is 18.2 Å². The lowest BCUT2D eigenvalue weighted by atomic mass is 9.94. The zero-order chi connectivity index (χ0) is 12.1. The number of nitrogens with zero attached hydrogens (tertiary/aromatic N) is 1. The van der Waals surface area contributed by atoms with Crippen molar-refractivity contribution < 1.29 is 0 Å². The Hall–Kier alpha value is -1.28. The van der Waals surface area contributed by atoms with Crippen LogP contribution in [0.1, 0.15) is 35.6 Å². The lowest BCUT2D eigenvalue weighted by Crippen LogP contribution is -2.10. The molecule has 1 N–H and O–H groups in total. The summed E-state index contributed by atoms with van der Waals surface area (Å²) in [5.41, 5.74) is 6.23. The third-order valence-corrected chi connectivity index (χ3v) is 4.77. The molecular weight excluding hydrogens is 220 g/mol. The van der Waals surface area contributed by atoms with Gasteiger partial charge in [-0.25, -0.2) is 0 Å². The van der Waals surface area contributed by atoms with Gasteiger partial charge in [-0.1, -0.05) is 18.2 Å². The highest BCUT2D eigenvalue weighted by molar-refractivity contribution is 5.89. The summed E-state index contributed by atoms with van der Waals surface area (Å²) in [5, 5.41) is 5.04. The number of aromatic nitrogens is 1. The summed E-state index contributed by atoms with van der Waals surface area (Å²) in [7, 11) is 0. The number of aryl methyl sites for hydroxylation is 2. The number of rotatable bonds is 1. The Kier molecular flexibility index (Phi) is 2.28. The van der Waals surface area contributed by atoms with Crippen LogP contribution in [0.25, 0.3) is 10.9 Å². The summed E-state index contributed by atoms with van der Waals surface area (Å²) >= 11 is 0. The number of nitrogens with one attached hydrogen (secondary N) is 1. The molecule has 0 amide bonds. The molecule has 0 bridgehead atoms. The molecule has 94 valence electrons. The molecule has 0 aliphatic carbocycles. The van der Waals surface area contributed by atoms with Crippen molar-refractivity contribution in [2.24, 2.45) is 0 Å². The topological polar surface area (TPSA) is 17.0 Å². The second-order valence-electron chi connectivity index (χ2n) is 5.76. The van der Waals surface area contributed by atoms with Gasteiger partial charge in [0.05, 0.1) is 5.52 Å². The van der Waals surface area contributed by atoms with Crippen LogP contribution in [0.2, 0.25) is 0 Å². The Bertz CT molecular complexity index is 603. The molecule has 2 aliphatic heterocycles. The van der Waals surface area contributed by atoms with Crippen LogP contribution >= 0.6 is 0 Å². The van der Waals surface area contributed by atoms with E-state index in [1.807, 2.05) is 0 Å². The minimum atomic E-state index is 0.724. The molecule has 18 heavy (non-hydrogen) atoms. The van der Waals surface area contributed by atoms with E-state index < -0.39 is 0 Å². The van der Waals surface area contributed by atoms with Crippen LogP contribution in [0, 0.1) is 6.92 Å². The average molecular weight is 240 g/mol. The highest BCUT2D eigenvalue weighted by Crippen LogP contribution is 2.38. The molecule has 0 saturated carbocycles. The van der Waals surface area contributed by atoms with Crippen LogP contribution in [0.4, 0.5) is 0 Å². The third kappa shape index (κ3) is 1.33. The Morgan fingerprint density at radius 3 is 3.11 bits per heavy atom. The average Bonchev–Trinajstić information content (AvgIpc) is 3.00. The van der Waals surface area contributed by atoms with Gasteiger partial charge >= 0.3 is 0 Å². The largest absolute Gasteiger partial charge is 0.344 e. The molecule has 4 rings (SSSR count). The Morgan fingerprint density at radius 2 is 2.28 bits per heavy atom. The zero-order valence-electron chi connectivity index (χ0n) is 11.0. The van der Waals surface area contributed by atoms with Gasteiger partial charge in [0.2, 0.25) is 0 Å². The number of para-hydroxylation sites is 1. The van der Waals surface area contributed by atoms with E-state index in [9.17, 15) is 0 Å². The fraction of sp³-hybridized carbons (Fsp3) is 0.500. The Balaban J connectivity index is 2.03. The molecule has 3 heterocycles. The smallest absolute Gasteiger partial charge is 0.0517 e. The van der Waals surface area contributed by atoms with E-state index in [4.69, 9.17) is 0 Å². The third-order valence-electron chi connectivity index (χ3n) is 4.77. The first kappa shape index (κ1) is 10.6. The molecule has 0 radical (unpaired) electrons. The molecule has 2 nitrogen and oxygen atoms in total. The van der Waals surface area contributed by atoms with Crippen molar-refractivity contribution in [3.8, 4) is 0 Å². The van der Waals surface area contributed by atoms with Gasteiger partial charge in [0.15, 0.2) is 0 Å². The maximum absolute atomic E-state index is 3.51. The van der Waals surface area contributed by atoms with Gasteiger partial charge in [0, 0.05) is 24.2 Å².